The Hall–Kier alpha value is -0.990. The van der Waals surface area contributed by atoms with Crippen molar-refractivity contribution >= 4 is 35.0 Å². The van der Waals surface area contributed by atoms with E-state index in [-0.39, 0.29) is 41.2 Å². The van der Waals surface area contributed by atoms with E-state index in [1.54, 1.807) is 6.92 Å². The molecule has 3 saturated carbocycles. The number of nitrogens with zero attached hydrogens (tertiary/aromatic N) is 1. The quantitative estimate of drug-likeness (QED) is 0.320. The maximum atomic E-state index is 15.2. The van der Waals surface area contributed by atoms with E-state index in [4.69, 9.17) is 9.05 Å². The lowest BCUT2D eigenvalue weighted by molar-refractivity contribution is -0.134. The minimum atomic E-state index is -4.75. The third kappa shape index (κ3) is 5.08. The fourth-order valence-electron chi connectivity index (χ4n) is 5.45. The molecule has 3 aliphatic rings. The Labute approximate surface area is 214 Å². The molecule has 0 aliphatic heterocycles. The maximum absolute atomic E-state index is 15.2. The molecule has 4 atom stereocenters. The van der Waals surface area contributed by atoms with Crippen LogP contribution in [0.1, 0.15) is 65.5 Å². The third-order valence-electron chi connectivity index (χ3n) is 7.68. The van der Waals surface area contributed by atoms with Gasteiger partial charge in [-0.15, -0.1) is 0 Å². The van der Waals surface area contributed by atoms with Crippen molar-refractivity contribution in [2.24, 2.45) is 22.2 Å². The zero-order chi connectivity index (χ0) is 26.4. The van der Waals surface area contributed by atoms with Crippen LogP contribution < -0.4 is 0 Å². The first-order valence-corrected chi connectivity index (χ1v) is 14.3. The van der Waals surface area contributed by atoms with E-state index in [9.17, 15) is 14.5 Å². The Kier molecular flexibility index (Phi) is 8.21. The molecule has 0 saturated heterocycles. The Morgan fingerprint density at radius 1 is 1.29 bits per heavy atom. The smallest absolute Gasteiger partial charge is 0.384 e. The van der Waals surface area contributed by atoms with E-state index in [1.165, 1.54) is 39.0 Å². The van der Waals surface area contributed by atoms with Gasteiger partial charge in [-0.3, -0.25) is 14.4 Å². The molecule has 0 spiro atoms. The number of halogens is 3. The van der Waals surface area contributed by atoms with Crippen LogP contribution in [0.2, 0.25) is 0 Å². The summed E-state index contributed by atoms with van der Waals surface area (Å²) < 4.78 is 53.0. The van der Waals surface area contributed by atoms with Gasteiger partial charge in [-0.25, -0.2) is 0 Å². The van der Waals surface area contributed by atoms with Crippen LogP contribution in [0.15, 0.2) is 27.7 Å². The van der Waals surface area contributed by atoms with E-state index in [0.29, 0.717) is 23.6 Å². The van der Waals surface area contributed by atoms with Crippen LogP contribution in [0.5, 0.6) is 0 Å². The van der Waals surface area contributed by atoms with E-state index in [0.717, 1.165) is 6.42 Å². The van der Waals surface area contributed by atoms with Gasteiger partial charge in [0.2, 0.25) is 0 Å². The molecule has 196 valence electrons. The van der Waals surface area contributed by atoms with Crippen molar-refractivity contribution in [3.8, 4) is 0 Å². The first-order chi connectivity index (χ1) is 16.1. The number of hydrogen-bond acceptors (Lipinski definition) is 6. The number of Topliss-reactive ketones (excluding diaryl/α,β-unsaturated/α-hetero) is 1. The van der Waals surface area contributed by atoms with E-state index in [1.807, 2.05) is 0 Å². The fourth-order valence-corrected chi connectivity index (χ4v) is 7.85. The van der Waals surface area contributed by atoms with Gasteiger partial charge in [-0.05, 0) is 69.4 Å². The minimum Gasteiger partial charge on any atom is -0.384 e. The first-order valence-electron chi connectivity index (χ1n) is 12.0. The predicted octanol–water partition coefficient (Wildman–Crippen LogP) is 6.52. The lowest BCUT2D eigenvalue weighted by atomic mass is 9.44. The van der Waals surface area contributed by atoms with Gasteiger partial charge in [0.15, 0.2) is 5.78 Å². The summed E-state index contributed by atoms with van der Waals surface area (Å²) in [4.78, 5) is 17.1. The molecule has 2 bridgehead atoms. The van der Waals surface area contributed by atoms with E-state index in [2.05, 4.69) is 34.8 Å². The van der Waals surface area contributed by atoms with Gasteiger partial charge in [0, 0.05) is 22.2 Å². The number of ketones is 1. The standard InChI is InChI=1S/C25H35BrF2NO5P/c1-7-33-35(32,34-8-2)25(27,28)18-10-9-16(11-19(18)26)12-20(15(3)30)29-22-14-17-13-21(23(17,4)5)24(22,6)31/h9-11,17,20-21,31H,7-8,12-14H2,1-6H3/t17?,20-,21?,24?/m0/s1. The lowest BCUT2D eigenvalue weighted by Crippen LogP contribution is -2.65. The Balaban J connectivity index is 1.87. The second-order valence-corrected chi connectivity index (χ2v) is 13.2. The molecule has 10 heteroatoms. The second kappa shape index (κ2) is 10.1. The van der Waals surface area contributed by atoms with Crippen molar-refractivity contribution in [3.05, 3.63) is 33.8 Å². The first kappa shape index (κ1) is 28.6. The summed E-state index contributed by atoms with van der Waals surface area (Å²) in [6.45, 7) is 10.1. The molecule has 1 aromatic carbocycles. The normalized spacial score (nSPS) is 28.0. The maximum Gasteiger partial charge on any atom is 0.404 e. The summed E-state index contributed by atoms with van der Waals surface area (Å²) in [5.74, 6) is 0.331. The van der Waals surface area contributed by atoms with Crippen LogP contribution in [-0.2, 0) is 30.5 Å². The molecule has 3 fully saturated rings. The number of aliphatic imine (C=N–C) groups is 1. The lowest BCUT2D eigenvalue weighted by Gasteiger charge is -2.62. The molecular weight excluding hydrogens is 543 g/mol. The number of carbonyl (C=O) groups is 1. The summed E-state index contributed by atoms with van der Waals surface area (Å²) >= 11 is 3.17. The largest absolute Gasteiger partial charge is 0.404 e. The van der Waals surface area contributed by atoms with E-state index < -0.39 is 30.5 Å². The van der Waals surface area contributed by atoms with Gasteiger partial charge in [0.05, 0.1) is 13.2 Å². The zero-order valence-electron chi connectivity index (χ0n) is 21.1. The van der Waals surface area contributed by atoms with Crippen molar-refractivity contribution in [2.75, 3.05) is 13.2 Å². The van der Waals surface area contributed by atoms with Crippen LogP contribution >= 0.6 is 23.5 Å². The molecule has 4 rings (SSSR count). The number of benzene rings is 1. The molecule has 0 aromatic heterocycles. The summed E-state index contributed by atoms with van der Waals surface area (Å²) in [5.41, 5.74) is -4.21. The molecule has 1 N–H and O–H groups in total. The van der Waals surface area contributed by atoms with Crippen LogP contribution in [0.25, 0.3) is 0 Å². The Bertz CT molecular complexity index is 1050. The minimum absolute atomic E-state index is 0.0299. The third-order valence-corrected chi connectivity index (χ3v) is 10.5. The molecular formula is C25H35BrF2NO5P. The van der Waals surface area contributed by atoms with Crippen molar-refractivity contribution in [1.29, 1.82) is 0 Å². The van der Waals surface area contributed by atoms with Gasteiger partial charge in [0.25, 0.3) is 0 Å². The van der Waals surface area contributed by atoms with Crippen molar-refractivity contribution in [3.63, 3.8) is 0 Å². The number of rotatable bonds is 10. The molecule has 0 amide bonds. The van der Waals surface area contributed by atoms with Crippen LogP contribution in [-0.4, -0.2) is 41.5 Å². The average Bonchev–Trinajstić information content (AvgIpc) is 2.73. The monoisotopic (exact) mass is 577 g/mol. The molecule has 35 heavy (non-hydrogen) atoms. The van der Waals surface area contributed by atoms with Gasteiger partial charge >= 0.3 is 13.3 Å². The number of aliphatic hydroxyl groups is 1. The number of fused-ring (bicyclic) bond motifs is 2. The summed E-state index contributed by atoms with van der Waals surface area (Å²) in [6.07, 6.45) is 1.77. The molecule has 3 aliphatic carbocycles. The van der Waals surface area contributed by atoms with Crippen LogP contribution in [0, 0.1) is 17.3 Å². The topological polar surface area (TPSA) is 85.2 Å². The predicted molar refractivity (Wildman–Crippen MR) is 135 cm³/mol. The second-order valence-electron chi connectivity index (χ2n) is 10.3. The highest BCUT2D eigenvalue weighted by molar-refractivity contribution is 9.10. The summed E-state index contributed by atoms with van der Waals surface area (Å²) in [6, 6.07) is 3.36. The summed E-state index contributed by atoms with van der Waals surface area (Å²) in [7, 11) is -4.75. The van der Waals surface area contributed by atoms with Gasteiger partial charge in [-0.1, -0.05) is 41.9 Å². The summed E-state index contributed by atoms with van der Waals surface area (Å²) in [5, 5.41) is 11.2. The van der Waals surface area contributed by atoms with Crippen molar-refractivity contribution < 1.29 is 32.3 Å². The molecule has 6 nitrogen and oxygen atoms in total. The highest BCUT2D eigenvalue weighted by Gasteiger charge is 2.61. The molecule has 3 unspecified atom stereocenters. The molecule has 0 radical (unpaired) electrons. The van der Waals surface area contributed by atoms with Gasteiger partial charge in [-0.2, -0.15) is 8.78 Å². The number of carbonyl (C=O) groups excluding carboxylic acids is 1. The van der Waals surface area contributed by atoms with Gasteiger partial charge < -0.3 is 14.2 Å². The van der Waals surface area contributed by atoms with Crippen molar-refractivity contribution in [1.82, 2.24) is 0 Å². The Morgan fingerprint density at radius 2 is 1.89 bits per heavy atom. The highest BCUT2D eigenvalue weighted by atomic mass is 79.9. The van der Waals surface area contributed by atoms with Crippen LogP contribution in [0.3, 0.4) is 0 Å². The Morgan fingerprint density at radius 3 is 2.34 bits per heavy atom. The van der Waals surface area contributed by atoms with Crippen molar-refractivity contribution in [2.45, 2.75) is 78.1 Å². The average molecular weight is 578 g/mol. The number of hydrogen-bond donors (Lipinski definition) is 1. The molecule has 1 aromatic rings. The SMILES string of the molecule is CCOP(=O)(OCC)C(F)(F)c1ccc(C[C@H](N=C2CC3CC(C2(C)O)C3(C)C)C(C)=O)cc1Br. The zero-order valence-corrected chi connectivity index (χ0v) is 23.6. The number of alkyl halides is 2. The molecule has 0 heterocycles. The fraction of sp³-hybridized carbons (Fsp3) is 0.680. The van der Waals surface area contributed by atoms with Gasteiger partial charge in [0.1, 0.15) is 11.6 Å². The van der Waals surface area contributed by atoms with Crippen LogP contribution in [0.4, 0.5) is 8.78 Å². The highest BCUT2D eigenvalue weighted by Crippen LogP contribution is 2.67. The van der Waals surface area contributed by atoms with E-state index >= 15 is 8.78 Å².